The Bertz CT molecular complexity index is 320. The monoisotopic (exact) mass is 194 g/mol. The first-order valence-corrected chi connectivity index (χ1v) is 4.60. The molecule has 0 radical (unpaired) electrons. The fourth-order valence-corrected chi connectivity index (χ4v) is 1.34. The summed E-state index contributed by atoms with van der Waals surface area (Å²) in [6, 6.07) is 6.94. The van der Waals surface area contributed by atoms with Crippen LogP contribution in [0.15, 0.2) is 24.3 Å². The van der Waals surface area contributed by atoms with Crippen LogP contribution < -0.4 is 0 Å². The van der Waals surface area contributed by atoms with E-state index in [-0.39, 0.29) is 18.1 Å². The molecule has 0 spiro atoms. The minimum absolute atomic E-state index is 0.164. The molecule has 2 N–H and O–H groups in total. The van der Waals surface area contributed by atoms with E-state index >= 15 is 0 Å². The summed E-state index contributed by atoms with van der Waals surface area (Å²) in [5.41, 5.74) is 0.978. The largest absolute Gasteiger partial charge is 0.508 e. The predicted molar refractivity (Wildman–Crippen MR) is 53.4 cm³/mol. The SMILES string of the molecule is CC(CCC(=O)O)c1cccc(O)c1. The van der Waals surface area contributed by atoms with Crippen molar-refractivity contribution in [3.8, 4) is 5.75 Å². The topological polar surface area (TPSA) is 57.5 Å². The van der Waals surface area contributed by atoms with Gasteiger partial charge in [0.15, 0.2) is 0 Å². The van der Waals surface area contributed by atoms with E-state index in [1.54, 1.807) is 18.2 Å². The van der Waals surface area contributed by atoms with Gasteiger partial charge < -0.3 is 10.2 Å². The smallest absolute Gasteiger partial charge is 0.303 e. The van der Waals surface area contributed by atoms with Gasteiger partial charge in [-0.1, -0.05) is 19.1 Å². The Hall–Kier alpha value is -1.51. The molecule has 3 nitrogen and oxygen atoms in total. The predicted octanol–water partition coefficient (Wildman–Crippen LogP) is 2.36. The van der Waals surface area contributed by atoms with Crippen LogP contribution in [0.4, 0.5) is 0 Å². The average Bonchev–Trinajstić information content (AvgIpc) is 2.14. The van der Waals surface area contributed by atoms with Gasteiger partial charge in [0.25, 0.3) is 0 Å². The lowest BCUT2D eigenvalue weighted by Crippen LogP contribution is -1.99. The van der Waals surface area contributed by atoms with Crippen LogP contribution in [0.1, 0.15) is 31.2 Å². The summed E-state index contributed by atoms with van der Waals surface area (Å²) in [5, 5.41) is 17.7. The molecule has 1 rings (SSSR count). The van der Waals surface area contributed by atoms with Gasteiger partial charge in [0.1, 0.15) is 5.75 Å². The fraction of sp³-hybridized carbons (Fsp3) is 0.364. The number of carbonyl (C=O) groups is 1. The molecular formula is C11H14O3. The van der Waals surface area contributed by atoms with Crippen LogP contribution in [-0.2, 0) is 4.79 Å². The molecule has 0 saturated heterocycles. The van der Waals surface area contributed by atoms with Gasteiger partial charge in [0, 0.05) is 6.42 Å². The summed E-state index contributed by atoms with van der Waals surface area (Å²) in [7, 11) is 0. The maximum absolute atomic E-state index is 10.4. The summed E-state index contributed by atoms with van der Waals surface area (Å²) in [6.07, 6.45) is 0.760. The third-order valence-electron chi connectivity index (χ3n) is 2.23. The van der Waals surface area contributed by atoms with Gasteiger partial charge in [-0.05, 0) is 30.0 Å². The molecule has 0 amide bonds. The number of carboxylic acid groups (broad SMARTS) is 1. The van der Waals surface area contributed by atoms with Gasteiger partial charge in [0.2, 0.25) is 0 Å². The number of hydrogen-bond acceptors (Lipinski definition) is 2. The molecule has 1 aromatic rings. The van der Waals surface area contributed by atoms with Gasteiger partial charge in [-0.2, -0.15) is 0 Å². The third-order valence-corrected chi connectivity index (χ3v) is 2.23. The molecule has 0 saturated carbocycles. The molecule has 1 atom stereocenters. The lowest BCUT2D eigenvalue weighted by Gasteiger charge is -2.10. The summed E-state index contributed by atoms with van der Waals surface area (Å²) in [5.74, 6) is -0.389. The molecule has 3 heteroatoms. The standard InChI is InChI=1S/C11H14O3/c1-8(5-6-11(13)14)9-3-2-4-10(12)7-9/h2-4,7-8,12H,5-6H2,1H3,(H,13,14). The zero-order valence-corrected chi connectivity index (χ0v) is 8.10. The van der Waals surface area contributed by atoms with Crippen LogP contribution in [0.25, 0.3) is 0 Å². The molecule has 1 aromatic carbocycles. The molecule has 0 fully saturated rings. The highest BCUT2D eigenvalue weighted by molar-refractivity contribution is 5.66. The minimum Gasteiger partial charge on any atom is -0.508 e. The highest BCUT2D eigenvalue weighted by Crippen LogP contribution is 2.23. The maximum Gasteiger partial charge on any atom is 0.303 e. The van der Waals surface area contributed by atoms with Crippen molar-refractivity contribution in [2.45, 2.75) is 25.7 Å². The van der Waals surface area contributed by atoms with Crippen LogP contribution >= 0.6 is 0 Å². The lowest BCUT2D eigenvalue weighted by atomic mass is 9.96. The first kappa shape index (κ1) is 10.6. The van der Waals surface area contributed by atoms with Gasteiger partial charge in [-0.3, -0.25) is 4.79 Å². The first-order chi connectivity index (χ1) is 6.59. The highest BCUT2D eigenvalue weighted by atomic mass is 16.4. The second-order valence-electron chi connectivity index (χ2n) is 3.43. The Balaban J connectivity index is 2.60. The minimum atomic E-state index is -0.781. The first-order valence-electron chi connectivity index (χ1n) is 4.60. The van der Waals surface area contributed by atoms with Crippen molar-refractivity contribution in [1.82, 2.24) is 0 Å². The zero-order chi connectivity index (χ0) is 10.6. The highest BCUT2D eigenvalue weighted by Gasteiger charge is 2.08. The number of benzene rings is 1. The molecule has 0 bridgehead atoms. The van der Waals surface area contributed by atoms with E-state index in [1.165, 1.54) is 0 Å². The number of rotatable bonds is 4. The number of phenolic OH excluding ortho intramolecular Hbond substituents is 1. The number of carboxylic acids is 1. The Morgan fingerprint density at radius 3 is 2.79 bits per heavy atom. The zero-order valence-electron chi connectivity index (χ0n) is 8.10. The van der Waals surface area contributed by atoms with E-state index < -0.39 is 5.97 Å². The molecule has 0 aliphatic rings. The molecule has 0 aliphatic carbocycles. The van der Waals surface area contributed by atoms with Crippen LogP contribution in [0.5, 0.6) is 5.75 Å². The second-order valence-corrected chi connectivity index (χ2v) is 3.43. The van der Waals surface area contributed by atoms with E-state index in [9.17, 15) is 9.90 Å². The lowest BCUT2D eigenvalue weighted by molar-refractivity contribution is -0.137. The van der Waals surface area contributed by atoms with E-state index in [2.05, 4.69) is 0 Å². The van der Waals surface area contributed by atoms with Crippen molar-refractivity contribution in [1.29, 1.82) is 0 Å². The van der Waals surface area contributed by atoms with Crippen molar-refractivity contribution in [2.24, 2.45) is 0 Å². The van der Waals surface area contributed by atoms with Gasteiger partial charge in [0.05, 0.1) is 0 Å². The van der Waals surface area contributed by atoms with Gasteiger partial charge in [-0.15, -0.1) is 0 Å². The summed E-state index contributed by atoms with van der Waals surface area (Å²) in [6.45, 7) is 1.96. The number of phenols is 1. The maximum atomic E-state index is 10.4. The molecule has 1 unspecified atom stereocenters. The van der Waals surface area contributed by atoms with E-state index in [1.807, 2.05) is 13.0 Å². The summed E-state index contributed by atoms with van der Waals surface area (Å²) < 4.78 is 0. The molecular weight excluding hydrogens is 180 g/mol. The van der Waals surface area contributed by atoms with Gasteiger partial charge >= 0.3 is 5.97 Å². The third kappa shape index (κ3) is 3.09. The van der Waals surface area contributed by atoms with Crippen molar-refractivity contribution in [2.75, 3.05) is 0 Å². The average molecular weight is 194 g/mol. The van der Waals surface area contributed by atoms with E-state index in [0.717, 1.165) is 5.56 Å². The second kappa shape index (κ2) is 4.65. The Morgan fingerprint density at radius 1 is 1.50 bits per heavy atom. The van der Waals surface area contributed by atoms with Crippen LogP contribution in [0.3, 0.4) is 0 Å². The van der Waals surface area contributed by atoms with Crippen molar-refractivity contribution >= 4 is 5.97 Å². The molecule has 0 heterocycles. The van der Waals surface area contributed by atoms with Crippen molar-refractivity contribution in [3.05, 3.63) is 29.8 Å². The van der Waals surface area contributed by atoms with E-state index in [0.29, 0.717) is 6.42 Å². The quantitative estimate of drug-likeness (QED) is 0.773. The molecule has 0 aliphatic heterocycles. The number of hydrogen-bond donors (Lipinski definition) is 2. The van der Waals surface area contributed by atoms with Crippen LogP contribution in [0, 0.1) is 0 Å². The molecule has 76 valence electrons. The Morgan fingerprint density at radius 2 is 2.21 bits per heavy atom. The van der Waals surface area contributed by atoms with Crippen LogP contribution in [0.2, 0.25) is 0 Å². The Labute approximate surface area is 83.0 Å². The van der Waals surface area contributed by atoms with Crippen molar-refractivity contribution < 1.29 is 15.0 Å². The van der Waals surface area contributed by atoms with E-state index in [4.69, 9.17) is 5.11 Å². The molecule has 0 aromatic heterocycles. The molecule has 14 heavy (non-hydrogen) atoms. The number of aromatic hydroxyl groups is 1. The fourth-order valence-electron chi connectivity index (χ4n) is 1.34. The van der Waals surface area contributed by atoms with Crippen LogP contribution in [-0.4, -0.2) is 16.2 Å². The Kier molecular flexibility index (Phi) is 3.51. The normalized spacial score (nSPS) is 12.4. The van der Waals surface area contributed by atoms with Gasteiger partial charge in [-0.25, -0.2) is 0 Å². The summed E-state index contributed by atoms with van der Waals surface area (Å²) in [4.78, 5) is 10.4. The van der Waals surface area contributed by atoms with Crippen molar-refractivity contribution in [3.63, 3.8) is 0 Å². The summed E-state index contributed by atoms with van der Waals surface area (Å²) >= 11 is 0. The number of aliphatic carboxylic acids is 1.